The molecule has 8 nitrogen and oxygen atoms in total. The first-order valence-electron chi connectivity index (χ1n) is 9.66. The third-order valence-corrected chi connectivity index (χ3v) is 4.87. The molecule has 3 aromatic rings. The number of hydrogen-bond donors (Lipinski definition) is 2. The maximum atomic E-state index is 5.98. The summed E-state index contributed by atoms with van der Waals surface area (Å²) in [4.78, 5) is 8.61. The highest BCUT2D eigenvalue weighted by atomic mass is 127. The van der Waals surface area contributed by atoms with Crippen molar-refractivity contribution in [2.24, 2.45) is 4.99 Å². The Balaban J connectivity index is 0.00000240. The van der Waals surface area contributed by atoms with E-state index in [-0.39, 0.29) is 24.0 Å². The summed E-state index contributed by atoms with van der Waals surface area (Å²) in [7, 11) is 1.75. The third-order valence-electron chi connectivity index (χ3n) is 4.87. The Bertz CT molecular complexity index is 953. The zero-order chi connectivity index (χ0) is 19.2. The summed E-state index contributed by atoms with van der Waals surface area (Å²) < 4.78 is 7.94. The summed E-state index contributed by atoms with van der Waals surface area (Å²) in [5.74, 6) is 2.22. The predicted molar refractivity (Wildman–Crippen MR) is 123 cm³/mol. The number of aliphatic imine (C=N–C) groups is 1. The summed E-state index contributed by atoms with van der Waals surface area (Å²) in [6.07, 6.45) is 8.79. The molecule has 3 aromatic heterocycles. The summed E-state index contributed by atoms with van der Waals surface area (Å²) >= 11 is 0. The molecular weight excluding hydrogens is 481 g/mol. The number of guanidine groups is 1. The van der Waals surface area contributed by atoms with E-state index in [2.05, 4.69) is 30.8 Å². The number of nitrogens with one attached hydrogen (secondary N) is 2. The molecule has 1 saturated carbocycles. The topological polar surface area (TPSA) is 88.7 Å². The molecule has 1 fully saturated rings. The number of aromatic nitrogens is 4. The number of rotatable bonds is 6. The monoisotopic (exact) mass is 507 g/mol. The normalized spacial score (nSPS) is 14.6. The van der Waals surface area contributed by atoms with Crippen LogP contribution in [0.2, 0.25) is 0 Å². The van der Waals surface area contributed by atoms with Crippen molar-refractivity contribution in [1.29, 1.82) is 0 Å². The van der Waals surface area contributed by atoms with Crippen LogP contribution in [0, 0.1) is 0 Å². The summed E-state index contributed by atoms with van der Waals surface area (Å²) in [6.45, 7) is 1.15. The molecule has 0 bridgehead atoms. The second kappa shape index (κ2) is 10.4. The molecule has 1 aliphatic carbocycles. The van der Waals surface area contributed by atoms with Crippen molar-refractivity contribution in [3.8, 4) is 5.88 Å². The van der Waals surface area contributed by atoms with Crippen LogP contribution in [0.25, 0.3) is 5.65 Å². The minimum atomic E-state index is 0. The third kappa shape index (κ3) is 5.55. The summed E-state index contributed by atoms with van der Waals surface area (Å²) in [6, 6.07) is 9.80. The molecule has 0 unspecified atom stereocenters. The standard InChI is InChI=1S/C20H25N7O.HI/c1-21-20(24-14-18-26-25-17-8-4-5-11-27(17)18)23-13-15-9-10-22-19(12-15)28-16-6-2-3-7-16;/h4-5,8-12,16H,2-3,6-7,13-14H2,1H3,(H2,21,23,24);1H. The van der Waals surface area contributed by atoms with E-state index >= 15 is 0 Å². The highest BCUT2D eigenvalue weighted by Gasteiger charge is 2.17. The van der Waals surface area contributed by atoms with E-state index in [0.29, 0.717) is 31.0 Å². The minimum absolute atomic E-state index is 0. The summed E-state index contributed by atoms with van der Waals surface area (Å²) in [5, 5.41) is 15.0. The van der Waals surface area contributed by atoms with Crippen molar-refractivity contribution in [3.05, 3.63) is 54.1 Å². The van der Waals surface area contributed by atoms with E-state index in [9.17, 15) is 0 Å². The predicted octanol–water partition coefficient (Wildman–Crippen LogP) is 2.93. The second-order valence-corrected chi connectivity index (χ2v) is 6.85. The Kier molecular flexibility index (Phi) is 7.62. The second-order valence-electron chi connectivity index (χ2n) is 6.85. The van der Waals surface area contributed by atoms with E-state index in [1.54, 1.807) is 13.2 Å². The molecule has 9 heteroatoms. The lowest BCUT2D eigenvalue weighted by molar-refractivity contribution is 0.201. The largest absolute Gasteiger partial charge is 0.474 e. The lowest BCUT2D eigenvalue weighted by atomic mass is 10.2. The smallest absolute Gasteiger partial charge is 0.213 e. The van der Waals surface area contributed by atoms with Crippen LogP contribution in [0.15, 0.2) is 47.7 Å². The Morgan fingerprint density at radius 1 is 1.17 bits per heavy atom. The van der Waals surface area contributed by atoms with E-state index < -0.39 is 0 Å². The van der Waals surface area contributed by atoms with Gasteiger partial charge >= 0.3 is 0 Å². The Morgan fingerprint density at radius 3 is 2.83 bits per heavy atom. The molecular formula is C20H26IN7O. The van der Waals surface area contributed by atoms with Crippen LogP contribution < -0.4 is 15.4 Å². The van der Waals surface area contributed by atoms with E-state index in [0.717, 1.165) is 29.9 Å². The first-order valence-corrected chi connectivity index (χ1v) is 9.66. The number of nitrogens with zero attached hydrogens (tertiary/aromatic N) is 5. The van der Waals surface area contributed by atoms with Crippen molar-refractivity contribution in [2.45, 2.75) is 44.9 Å². The maximum Gasteiger partial charge on any atom is 0.213 e. The van der Waals surface area contributed by atoms with Gasteiger partial charge in [-0.1, -0.05) is 6.07 Å². The minimum Gasteiger partial charge on any atom is -0.474 e. The van der Waals surface area contributed by atoms with Crippen LogP contribution in [0.5, 0.6) is 5.88 Å². The SMILES string of the molecule is CN=C(NCc1ccnc(OC2CCCC2)c1)NCc1nnc2ccccn12.I. The van der Waals surface area contributed by atoms with Gasteiger partial charge in [-0.15, -0.1) is 34.2 Å². The van der Waals surface area contributed by atoms with Crippen LogP contribution in [-0.2, 0) is 13.1 Å². The molecule has 0 radical (unpaired) electrons. The van der Waals surface area contributed by atoms with Gasteiger partial charge in [-0.05, 0) is 49.4 Å². The van der Waals surface area contributed by atoms with Gasteiger partial charge in [0.1, 0.15) is 6.10 Å². The first kappa shape index (κ1) is 21.3. The number of hydrogen-bond acceptors (Lipinski definition) is 5. The quantitative estimate of drug-likeness (QED) is 0.303. The highest BCUT2D eigenvalue weighted by Crippen LogP contribution is 2.23. The zero-order valence-corrected chi connectivity index (χ0v) is 18.7. The van der Waals surface area contributed by atoms with Crippen LogP contribution in [0.4, 0.5) is 0 Å². The van der Waals surface area contributed by atoms with Crippen molar-refractivity contribution in [1.82, 2.24) is 30.2 Å². The lowest BCUT2D eigenvalue weighted by Gasteiger charge is -2.14. The fourth-order valence-corrected chi connectivity index (χ4v) is 3.38. The molecule has 0 aliphatic heterocycles. The molecule has 2 N–H and O–H groups in total. The van der Waals surface area contributed by atoms with Gasteiger partial charge < -0.3 is 15.4 Å². The first-order chi connectivity index (χ1) is 13.8. The fraction of sp³-hybridized carbons (Fsp3) is 0.400. The van der Waals surface area contributed by atoms with Gasteiger partial charge in [0, 0.05) is 32.1 Å². The van der Waals surface area contributed by atoms with Gasteiger partial charge in [0.05, 0.1) is 6.54 Å². The van der Waals surface area contributed by atoms with Gasteiger partial charge in [0.2, 0.25) is 5.88 Å². The van der Waals surface area contributed by atoms with Gasteiger partial charge in [0.15, 0.2) is 17.4 Å². The molecule has 4 rings (SSSR count). The van der Waals surface area contributed by atoms with E-state index in [1.165, 1.54) is 12.8 Å². The highest BCUT2D eigenvalue weighted by molar-refractivity contribution is 14.0. The molecule has 3 heterocycles. The van der Waals surface area contributed by atoms with Crippen LogP contribution >= 0.6 is 24.0 Å². The lowest BCUT2D eigenvalue weighted by Crippen LogP contribution is -2.36. The van der Waals surface area contributed by atoms with Crippen molar-refractivity contribution in [3.63, 3.8) is 0 Å². The van der Waals surface area contributed by atoms with E-state index in [1.807, 2.05) is 40.9 Å². The van der Waals surface area contributed by atoms with Crippen molar-refractivity contribution < 1.29 is 4.74 Å². The number of halogens is 1. The van der Waals surface area contributed by atoms with Crippen molar-refractivity contribution >= 4 is 35.6 Å². The van der Waals surface area contributed by atoms with Crippen LogP contribution in [0.1, 0.15) is 37.1 Å². The molecule has 0 aromatic carbocycles. The fourth-order valence-electron chi connectivity index (χ4n) is 3.38. The van der Waals surface area contributed by atoms with Gasteiger partial charge in [-0.2, -0.15) is 0 Å². The van der Waals surface area contributed by atoms with Gasteiger partial charge in [-0.25, -0.2) is 4.98 Å². The summed E-state index contributed by atoms with van der Waals surface area (Å²) in [5.41, 5.74) is 1.92. The maximum absolute atomic E-state index is 5.98. The number of pyridine rings is 2. The Morgan fingerprint density at radius 2 is 2.00 bits per heavy atom. The molecule has 0 atom stereocenters. The average molecular weight is 507 g/mol. The molecule has 154 valence electrons. The Labute approximate surface area is 187 Å². The molecule has 0 spiro atoms. The van der Waals surface area contributed by atoms with E-state index in [4.69, 9.17) is 4.74 Å². The number of fused-ring (bicyclic) bond motifs is 1. The number of ether oxygens (including phenoxy) is 1. The molecule has 0 amide bonds. The van der Waals surface area contributed by atoms with Crippen LogP contribution in [-0.4, -0.2) is 38.7 Å². The average Bonchev–Trinajstić information content (AvgIpc) is 3.38. The zero-order valence-electron chi connectivity index (χ0n) is 16.4. The molecule has 0 saturated heterocycles. The molecule has 1 aliphatic rings. The molecule has 29 heavy (non-hydrogen) atoms. The Hall–Kier alpha value is -2.43. The van der Waals surface area contributed by atoms with Crippen LogP contribution in [0.3, 0.4) is 0 Å². The van der Waals surface area contributed by atoms with Gasteiger partial charge in [0.25, 0.3) is 0 Å². The van der Waals surface area contributed by atoms with Gasteiger partial charge in [-0.3, -0.25) is 9.39 Å². The van der Waals surface area contributed by atoms with Crippen molar-refractivity contribution in [2.75, 3.05) is 7.05 Å².